The summed E-state index contributed by atoms with van der Waals surface area (Å²) < 4.78 is 0. The maximum atomic E-state index is 12.6. The molecule has 0 spiro atoms. The number of benzene rings is 1. The number of anilines is 1. The van der Waals surface area contributed by atoms with Gasteiger partial charge in [-0.25, -0.2) is 0 Å². The minimum Gasteiger partial charge on any atom is -0.378 e. The highest BCUT2D eigenvalue weighted by Crippen LogP contribution is 2.20. The Morgan fingerprint density at radius 2 is 1.81 bits per heavy atom. The minimum absolute atomic E-state index is 0.127. The molecular weight excluding hydrogens is 280 g/mol. The zero-order valence-electron chi connectivity index (χ0n) is 13.1. The van der Waals surface area contributed by atoms with Crippen LogP contribution in [0.5, 0.6) is 0 Å². The molecule has 21 heavy (non-hydrogen) atoms. The van der Waals surface area contributed by atoms with E-state index in [0.29, 0.717) is 13.1 Å². The predicted molar refractivity (Wildman–Crippen MR) is 90.2 cm³/mol. The van der Waals surface area contributed by atoms with Gasteiger partial charge >= 0.3 is 0 Å². The molecule has 1 aromatic carbocycles. The van der Waals surface area contributed by atoms with Crippen molar-refractivity contribution in [3.05, 3.63) is 51.7 Å². The lowest BCUT2D eigenvalue weighted by Crippen LogP contribution is -2.30. The lowest BCUT2D eigenvalue weighted by Gasteiger charge is -2.21. The summed E-state index contributed by atoms with van der Waals surface area (Å²) in [4.78, 5) is 17.4. The molecule has 2 rings (SSSR count). The van der Waals surface area contributed by atoms with Crippen molar-refractivity contribution in [2.24, 2.45) is 0 Å². The summed E-state index contributed by atoms with van der Waals surface area (Å²) >= 11 is 1.52. The van der Waals surface area contributed by atoms with Crippen molar-refractivity contribution >= 4 is 22.9 Å². The molecule has 3 nitrogen and oxygen atoms in total. The van der Waals surface area contributed by atoms with Crippen molar-refractivity contribution in [2.75, 3.05) is 25.5 Å². The standard InChI is InChI=1S/C17H22N2OS/c1-5-19(17(20)16-13(2)10-11-21-16)12-14-6-8-15(9-7-14)18(3)4/h6-11H,5,12H2,1-4H3. The highest BCUT2D eigenvalue weighted by atomic mass is 32.1. The molecule has 1 aromatic heterocycles. The van der Waals surface area contributed by atoms with E-state index >= 15 is 0 Å². The Labute approximate surface area is 130 Å². The number of hydrogen-bond acceptors (Lipinski definition) is 3. The molecule has 0 saturated heterocycles. The second-order valence-electron chi connectivity index (χ2n) is 5.31. The van der Waals surface area contributed by atoms with Crippen LogP contribution < -0.4 is 4.90 Å². The Kier molecular flexibility index (Phi) is 5.02. The number of rotatable bonds is 5. The van der Waals surface area contributed by atoms with Crippen molar-refractivity contribution in [3.8, 4) is 0 Å². The maximum Gasteiger partial charge on any atom is 0.264 e. The van der Waals surface area contributed by atoms with Crippen molar-refractivity contribution in [1.29, 1.82) is 0 Å². The van der Waals surface area contributed by atoms with Crippen LogP contribution in [0.4, 0.5) is 5.69 Å². The summed E-state index contributed by atoms with van der Waals surface area (Å²) in [5.41, 5.74) is 3.39. The van der Waals surface area contributed by atoms with Gasteiger partial charge in [-0.1, -0.05) is 12.1 Å². The molecular formula is C17H22N2OS. The lowest BCUT2D eigenvalue weighted by atomic mass is 10.1. The SMILES string of the molecule is CCN(Cc1ccc(N(C)C)cc1)C(=O)c1sccc1C. The van der Waals surface area contributed by atoms with E-state index in [4.69, 9.17) is 0 Å². The van der Waals surface area contributed by atoms with Gasteiger partial charge in [0.1, 0.15) is 0 Å². The normalized spacial score (nSPS) is 10.5. The summed E-state index contributed by atoms with van der Waals surface area (Å²) in [6.45, 7) is 5.38. The molecule has 0 saturated carbocycles. The highest BCUT2D eigenvalue weighted by molar-refractivity contribution is 7.12. The number of carbonyl (C=O) groups excluding carboxylic acids is 1. The van der Waals surface area contributed by atoms with Crippen molar-refractivity contribution in [3.63, 3.8) is 0 Å². The predicted octanol–water partition coefficient (Wildman–Crippen LogP) is 3.78. The average molecular weight is 302 g/mol. The minimum atomic E-state index is 0.127. The molecule has 4 heteroatoms. The number of thiophene rings is 1. The third kappa shape index (κ3) is 3.64. The van der Waals surface area contributed by atoms with Crippen LogP contribution >= 0.6 is 11.3 Å². The molecule has 0 unspecified atom stereocenters. The summed E-state index contributed by atoms with van der Waals surface area (Å²) in [7, 11) is 4.05. The van der Waals surface area contributed by atoms with Gasteiger partial charge in [-0.2, -0.15) is 0 Å². The van der Waals surface area contributed by atoms with E-state index < -0.39 is 0 Å². The number of carbonyl (C=O) groups is 1. The van der Waals surface area contributed by atoms with Gasteiger partial charge < -0.3 is 9.80 Å². The van der Waals surface area contributed by atoms with Crippen LogP contribution in [0.3, 0.4) is 0 Å². The van der Waals surface area contributed by atoms with Crippen LogP contribution in [-0.4, -0.2) is 31.4 Å². The molecule has 112 valence electrons. The van der Waals surface area contributed by atoms with Gasteiger partial charge in [0.25, 0.3) is 5.91 Å². The zero-order chi connectivity index (χ0) is 15.4. The number of aryl methyl sites for hydroxylation is 1. The van der Waals surface area contributed by atoms with E-state index in [1.165, 1.54) is 17.0 Å². The average Bonchev–Trinajstić information content (AvgIpc) is 2.90. The van der Waals surface area contributed by atoms with Gasteiger partial charge in [0.15, 0.2) is 0 Å². The first-order chi connectivity index (χ1) is 10.0. The molecule has 0 radical (unpaired) electrons. The van der Waals surface area contributed by atoms with Crippen molar-refractivity contribution in [1.82, 2.24) is 4.90 Å². The van der Waals surface area contributed by atoms with E-state index in [0.717, 1.165) is 16.0 Å². The topological polar surface area (TPSA) is 23.6 Å². The number of amides is 1. The van der Waals surface area contributed by atoms with Crippen LogP contribution in [0.25, 0.3) is 0 Å². The smallest absolute Gasteiger partial charge is 0.264 e. The Bertz CT molecular complexity index is 602. The van der Waals surface area contributed by atoms with Gasteiger partial charge in [-0.15, -0.1) is 11.3 Å². The first-order valence-corrected chi connectivity index (χ1v) is 8.00. The largest absolute Gasteiger partial charge is 0.378 e. The molecule has 0 aliphatic heterocycles. The quantitative estimate of drug-likeness (QED) is 0.839. The third-order valence-corrected chi connectivity index (χ3v) is 4.56. The van der Waals surface area contributed by atoms with E-state index in [2.05, 4.69) is 29.2 Å². The maximum absolute atomic E-state index is 12.6. The van der Waals surface area contributed by atoms with Gasteiger partial charge in [0.2, 0.25) is 0 Å². The van der Waals surface area contributed by atoms with Crippen LogP contribution in [0.2, 0.25) is 0 Å². The zero-order valence-corrected chi connectivity index (χ0v) is 13.9. The molecule has 0 fully saturated rings. The summed E-state index contributed by atoms with van der Waals surface area (Å²) in [5.74, 6) is 0.127. The molecule has 1 amide bonds. The third-order valence-electron chi connectivity index (χ3n) is 3.55. The van der Waals surface area contributed by atoms with Crippen LogP contribution in [0.1, 0.15) is 27.7 Å². The van der Waals surface area contributed by atoms with Crippen LogP contribution in [0, 0.1) is 6.92 Å². The highest BCUT2D eigenvalue weighted by Gasteiger charge is 2.17. The van der Waals surface area contributed by atoms with Crippen molar-refractivity contribution < 1.29 is 4.79 Å². The Hall–Kier alpha value is -1.81. The molecule has 2 aromatic rings. The lowest BCUT2D eigenvalue weighted by molar-refractivity contribution is 0.0757. The number of nitrogens with zero attached hydrogens (tertiary/aromatic N) is 2. The summed E-state index contributed by atoms with van der Waals surface area (Å²) in [6, 6.07) is 10.4. The fourth-order valence-corrected chi connectivity index (χ4v) is 3.07. The van der Waals surface area contributed by atoms with Crippen LogP contribution in [-0.2, 0) is 6.54 Å². The van der Waals surface area contributed by atoms with Gasteiger partial charge in [-0.3, -0.25) is 4.79 Å². The molecule has 1 heterocycles. The van der Waals surface area contributed by atoms with E-state index in [-0.39, 0.29) is 5.91 Å². The Morgan fingerprint density at radius 1 is 1.14 bits per heavy atom. The van der Waals surface area contributed by atoms with E-state index in [1.807, 2.05) is 44.3 Å². The molecule has 0 bridgehead atoms. The fourth-order valence-electron chi connectivity index (χ4n) is 2.18. The first kappa shape index (κ1) is 15.6. The van der Waals surface area contributed by atoms with Gasteiger partial charge in [0.05, 0.1) is 4.88 Å². The van der Waals surface area contributed by atoms with Gasteiger partial charge in [0, 0.05) is 32.9 Å². The first-order valence-electron chi connectivity index (χ1n) is 7.12. The molecule has 0 aliphatic carbocycles. The van der Waals surface area contributed by atoms with Gasteiger partial charge in [-0.05, 0) is 48.6 Å². The second kappa shape index (κ2) is 6.76. The number of hydrogen-bond donors (Lipinski definition) is 0. The van der Waals surface area contributed by atoms with Crippen LogP contribution in [0.15, 0.2) is 35.7 Å². The summed E-state index contributed by atoms with van der Waals surface area (Å²) in [5, 5.41) is 1.97. The summed E-state index contributed by atoms with van der Waals surface area (Å²) in [6.07, 6.45) is 0. The Morgan fingerprint density at radius 3 is 2.29 bits per heavy atom. The Balaban J connectivity index is 2.12. The second-order valence-corrected chi connectivity index (χ2v) is 6.23. The molecule has 0 N–H and O–H groups in total. The van der Waals surface area contributed by atoms with Crippen molar-refractivity contribution in [2.45, 2.75) is 20.4 Å². The van der Waals surface area contributed by atoms with E-state index in [1.54, 1.807) is 0 Å². The molecule has 0 atom stereocenters. The van der Waals surface area contributed by atoms with E-state index in [9.17, 15) is 4.79 Å². The fraction of sp³-hybridized carbons (Fsp3) is 0.353. The monoisotopic (exact) mass is 302 g/mol. The molecule has 0 aliphatic rings.